The predicted molar refractivity (Wildman–Crippen MR) is 152 cm³/mol. The second-order valence-electron chi connectivity index (χ2n) is 7.72. The second-order valence-corrected chi connectivity index (χ2v) is 7.72. The molecule has 7 heteroatoms. The maximum Gasteiger partial charge on any atom is 0.0958 e. The molecule has 39 heavy (non-hydrogen) atoms. The SMILES string of the molecule is C=Cc1cccnc1-c1ccccn1.[Ru].c1ccc(-c2ccccn2)nc1.c1ccc(-c2ccccn2)nc1. The molecular weight excluding hydrogens is 569 g/mol. The molecule has 0 atom stereocenters. The van der Waals surface area contributed by atoms with E-state index in [1.165, 1.54) is 0 Å². The van der Waals surface area contributed by atoms with Crippen molar-refractivity contribution in [2.75, 3.05) is 0 Å². The number of aromatic nitrogens is 6. The minimum atomic E-state index is 0. The zero-order chi connectivity index (χ0) is 26.3. The van der Waals surface area contributed by atoms with E-state index in [0.717, 1.165) is 39.7 Å². The first-order valence-electron chi connectivity index (χ1n) is 12.0. The summed E-state index contributed by atoms with van der Waals surface area (Å²) < 4.78 is 0. The van der Waals surface area contributed by atoms with E-state index in [1.807, 2.05) is 103 Å². The van der Waals surface area contributed by atoms with Crippen LogP contribution in [0.3, 0.4) is 0 Å². The molecular formula is C32H26N6Ru. The van der Waals surface area contributed by atoms with Gasteiger partial charge in [0, 0.05) is 62.2 Å². The van der Waals surface area contributed by atoms with Crippen LogP contribution in [0.15, 0.2) is 147 Å². The molecule has 0 aliphatic carbocycles. The first-order valence-corrected chi connectivity index (χ1v) is 12.0. The summed E-state index contributed by atoms with van der Waals surface area (Å²) in [7, 11) is 0. The van der Waals surface area contributed by atoms with Gasteiger partial charge in [0.15, 0.2) is 0 Å². The van der Waals surface area contributed by atoms with Crippen LogP contribution in [0.1, 0.15) is 5.56 Å². The topological polar surface area (TPSA) is 77.3 Å². The standard InChI is InChI=1S/C12H10N2.2C10H8N2.Ru/c1-2-10-6-5-9-14-12(10)11-7-3-4-8-13-11;2*1-3-7-11-9(5-1)10-6-2-4-8-12-10;/h2-9H,1H2;2*1-8H;. The average molecular weight is 596 g/mol. The summed E-state index contributed by atoms with van der Waals surface area (Å²) in [6.07, 6.45) is 12.4. The number of hydrogen-bond acceptors (Lipinski definition) is 6. The molecule has 0 amide bonds. The molecule has 0 bridgehead atoms. The molecule has 6 heterocycles. The molecule has 0 aliphatic heterocycles. The monoisotopic (exact) mass is 596 g/mol. The molecule has 6 aromatic heterocycles. The van der Waals surface area contributed by atoms with Gasteiger partial charge in [-0.05, 0) is 66.7 Å². The largest absolute Gasteiger partial charge is 0.255 e. The van der Waals surface area contributed by atoms with Crippen molar-refractivity contribution < 1.29 is 19.5 Å². The van der Waals surface area contributed by atoms with Crippen LogP contribution in [0.5, 0.6) is 0 Å². The molecule has 0 aromatic carbocycles. The molecule has 0 N–H and O–H groups in total. The molecule has 6 nitrogen and oxygen atoms in total. The van der Waals surface area contributed by atoms with Gasteiger partial charge in [0.1, 0.15) is 0 Å². The Balaban J connectivity index is 0.000000160. The Kier molecular flexibility index (Phi) is 12.0. The molecule has 0 spiro atoms. The predicted octanol–water partition coefficient (Wildman–Crippen LogP) is 7.07. The number of pyridine rings is 6. The molecule has 6 aromatic rings. The minimum Gasteiger partial charge on any atom is -0.255 e. The summed E-state index contributed by atoms with van der Waals surface area (Å²) in [5, 5.41) is 0. The van der Waals surface area contributed by atoms with Crippen molar-refractivity contribution in [2.24, 2.45) is 0 Å². The zero-order valence-corrected chi connectivity index (χ0v) is 22.8. The summed E-state index contributed by atoms with van der Waals surface area (Å²) in [5.41, 5.74) is 6.42. The second kappa shape index (κ2) is 16.2. The summed E-state index contributed by atoms with van der Waals surface area (Å²) in [5.74, 6) is 0. The minimum absolute atomic E-state index is 0. The van der Waals surface area contributed by atoms with E-state index in [-0.39, 0.29) is 19.5 Å². The maximum absolute atomic E-state index is 4.29. The number of hydrogen-bond donors (Lipinski definition) is 0. The fraction of sp³-hybridized carbons (Fsp3) is 0. The Labute approximate surface area is 241 Å². The van der Waals surface area contributed by atoms with Gasteiger partial charge in [0.05, 0.1) is 34.2 Å². The Morgan fingerprint density at radius 2 is 0.718 bits per heavy atom. The van der Waals surface area contributed by atoms with E-state index in [0.29, 0.717) is 0 Å². The fourth-order valence-electron chi connectivity index (χ4n) is 3.36. The Hall–Kier alpha value is -4.74. The van der Waals surface area contributed by atoms with E-state index >= 15 is 0 Å². The third kappa shape index (κ3) is 8.95. The third-order valence-electron chi connectivity index (χ3n) is 5.15. The first-order chi connectivity index (χ1) is 18.8. The van der Waals surface area contributed by atoms with E-state index in [9.17, 15) is 0 Å². The normalized spacial score (nSPS) is 9.44. The van der Waals surface area contributed by atoms with Crippen LogP contribution < -0.4 is 0 Å². The van der Waals surface area contributed by atoms with Crippen molar-refractivity contribution in [2.45, 2.75) is 0 Å². The molecule has 0 saturated carbocycles. The quantitative estimate of drug-likeness (QED) is 0.203. The number of nitrogens with zero attached hydrogens (tertiary/aromatic N) is 6. The molecule has 6 rings (SSSR count). The Morgan fingerprint density at radius 1 is 0.385 bits per heavy atom. The number of rotatable bonds is 4. The smallest absolute Gasteiger partial charge is 0.0958 e. The van der Waals surface area contributed by atoms with Crippen LogP contribution in [-0.2, 0) is 19.5 Å². The van der Waals surface area contributed by atoms with Crippen LogP contribution in [-0.4, -0.2) is 29.9 Å². The summed E-state index contributed by atoms with van der Waals surface area (Å²) >= 11 is 0. The van der Waals surface area contributed by atoms with Crippen molar-refractivity contribution in [1.82, 2.24) is 29.9 Å². The van der Waals surface area contributed by atoms with E-state index in [2.05, 4.69) is 36.5 Å². The van der Waals surface area contributed by atoms with Crippen molar-refractivity contribution in [3.05, 3.63) is 152 Å². The van der Waals surface area contributed by atoms with E-state index in [4.69, 9.17) is 0 Å². The van der Waals surface area contributed by atoms with Crippen LogP contribution >= 0.6 is 0 Å². The summed E-state index contributed by atoms with van der Waals surface area (Å²) in [6, 6.07) is 32.8. The van der Waals surface area contributed by atoms with Gasteiger partial charge < -0.3 is 0 Å². The Bertz CT molecular complexity index is 1350. The fourth-order valence-corrected chi connectivity index (χ4v) is 3.36. The van der Waals surface area contributed by atoms with Crippen molar-refractivity contribution in [3.8, 4) is 34.2 Å². The molecule has 0 aliphatic rings. The average Bonchev–Trinajstić information content (AvgIpc) is 3.04. The molecule has 0 radical (unpaired) electrons. The zero-order valence-electron chi connectivity index (χ0n) is 21.1. The van der Waals surface area contributed by atoms with Crippen LogP contribution in [0, 0.1) is 0 Å². The van der Waals surface area contributed by atoms with Gasteiger partial charge >= 0.3 is 0 Å². The third-order valence-corrected chi connectivity index (χ3v) is 5.15. The van der Waals surface area contributed by atoms with Crippen molar-refractivity contribution in [1.29, 1.82) is 0 Å². The van der Waals surface area contributed by atoms with Gasteiger partial charge in [-0.3, -0.25) is 29.9 Å². The summed E-state index contributed by atoms with van der Waals surface area (Å²) in [4.78, 5) is 25.3. The van der Waals surface area contributed by atoms with E-state index < -0.39 is 0 Å². The first kappa shape index (κ1) is 28.8. The van der Waals surface area contributed by atoms with Crippen LogP contribution in [0.2, 0.25) is 0 Å². The van der Waals surface area contributed by atoms with Crippen molar-refractivity contribution >= 4 is 6.08 Å². The van der Waals surface area contributed by atoms with Crippen LogP contribution in [0.25, 0.3) is 40.2 Å². The summed E-state index contributed by atoms with van der Waals surface area (Å²) in [6.45, 7) is 3.75. The van der Waals surface area contributed by atoms with Gasteiger partial charge in [0.25, 0.3) is 0 Å². The van der Waals surface area contributed by atoms with E-state index in [1.54, 1.807) is 43.3 Å². The van der Waals surface area contributed by atoms with Gasteiger partial charge in [-0.15, -0.1) is 0 Å². The Morgan fingerprint density at radius 3 is 1.03 bits per heavy atom. The van der Waals surface area contributed by atoms with Gasteiger partial charge in [-0.1, -0.05) is 49.1 Å². The molecule has 0 fully saturated rings. The van der Waals surface area contributed by atoms with Crippen molar-refractivity contribution in [3.63, 3.8) is 0 Å². The molecule has 0 unspecified atom stereocenters. The maximum atomic E-state index is 4.29. The van der Waals surface area contributed by atoms with Gasteiger partial charge in [0.2, 0.25) is 0 Å². The molecule has 0 saturated heterocycles. The molecule has 192 valence electrons. The van der Waals surface area contributed by atoms with Gasteiger partial charge in [-0.25, -0.2) is 0 Å². The van der Waals surface area contributed by atoms with Crippen LogP contribution in [0.4, 0.5) is 0 Å². The van der Waals surface area contributed by atoms with Gasteiger partial charge in [-0.2, -0.15) is 0 Å².